The molecule has 0 aromatic rings. The molecule has 0 spiro atoms. The highest BCUT2D eigenvalue weighted by Gasteiger charge is 2.61. The molecular weight excluding hydrogens is 429 g/mol. The molecule has 0 bridgehead atoms. The van der Waals surface area contributed by atoms with E-state index in [9.17, 15) is 0 Å². The highest BCUT2D eigenvalue weighted by Crippen LogP contribution is 2.44. The third kappa shape index (κ3) is 9.49. The van der Waals surface area contributed by atoms with Crippen LogP contribution in [-0.4, -0.2) is 45.8 Å². The predicted molar refractivity (Wildman–Crippen MR) is 148 cm³/mol. The highest BCUT2D eigenvalue weighted by atomic mass is 32.4. The summed E-state index contributed by atoms with van der Waals surface area (Å²) < 4.78 is 0. The summed E-state index contributed by atoms with van der Waals surface area (Å²) in [7, 11) is -3.28. The van der Waals surface area contributed by atoms with Crippen molar-refractivity contribution in [1.82, 2.24) is 0 Å². The van der Waals surface area contributed by atoms with Crippen molar-refractivity contribution >= 4 is 51.5 Å². The van der Waals surface area contributed by atoms with Crippen molar-refractivity contribution in [2.24, 2.45) is 0 Å². The summed E-state index contributed by atoms with van der Waals surface area (Å²) in [5.74, 6) is 3.06. The van der Waals surface area contributed by atoms with E-state index in [0.29, 0.717) is 0 Å². The largest absolute Gasteiger partial charge is 0.193 e. The molecule has 0 aromatic carbocycles. The Labute approximate surface area is 185 Å². The van der Waals surface area contributed by atoms with Gasteiger partial charge in [0.2, 0.25) is 0 Å². The lowest BCUT2D eigenvalue weighted by atomic mass is 10.1. The molecule has 27 heavy (non-hydrogen) atoms. The lowest BCUT2D eigenvalue weighted by Gasteiger charge is -2.56. The van der Waals surface area contributed by atoms with E-state index in [-0.39, 0.29) is 0 Å². The summed E-state index contributed by atoms with van der Waals surface area (Å²) in [5.41, 5.74) is 0. The molecule has 6 heteroatoms. The van der Waals surface area contributed by atoms with Crippen LogP contribution in [0.1, 0.15) is 58.3 Å². The summed E-state index contributed by atoms with van der Waals surface area (Å²) in [4.78, 5) is 0. The lowest BCUT2D eigenvalue weighted by Crippen LogP contribution is -2.81. The van der Waals surface area contributed by atoms with Crippen LogP contribution in [0.2, 0.25) is 58.9 Å². The summed E-state index contributed by atoms with van der Waals surface area (Å²) >= 11 is 4.82. The minimum atomic E-state index is -1.18. The number of hydrogen-bond acceptors (Lipinski definition) is 2. The molecule has 0 aliphatic heterocycles. The van der Waals surface area contributed by atoms with Gasteiger partial charge in [0.05, 0.1) is 5.78 Å². The minimum absolute atomic E-state index is 1.09. The van der Waals surface area contributed by atoms with Crippen molar-refractivity contribution < 1.29 is 0 Å². The molecule has 164 valence electrons. The van der Waals surface area contributed by atoms with Gasteiger partial charge in [0.1, 0.15) is 0 Å². The van der Waals surface area contributed by atoms with Gasteiger partial charge >= 0.3 is 0 Å². The molecule has 0 atom stereocenters. The highest BCUT2D eigenvalue weighted by molar-refractivity contribution is 8.50. The van der Waals surface area contributed by atoms with Gasteiger partial charge in [0.25, 0.3) is 0 Å². The Morgan fingerprint density at radius 3 is 1.30 bits per heavy atom. The minimum Gasteiger partial charge on any atom is -0.193 e. The first kappa shape index (κ1) is 28.6. The molecule has 0 unspecified atom stereocenters. The van der Waals surface area contributed by atoms with Crippen LogP contribution in [0.25, 0.3) is 0 Å². The fourth-order valence-corrected chi connectivity index (χ4v) is 117. The molecular formula is C21H52S2Si4. The molecule has 0 amide bonds. The van der Waals surface area contributed by atoms with Crippen molar-refractivity contribution in [3.63, 3.8) is 0 Å². The molecule has 0 aliphatic carbocycles. The summed E-state index contributed by atoms with van der Waals surface area (Å²) in [5, 5.41) is 0. The first-order valence-electron chi connectivity index (χ1n) is 11.5. The zero-order valence-corrected chi connectivity index (χ0v) is 26.2. The second kappa shape index (κ2) is 13.1. The Bertz CT molecular complexity index is 345. The molecule has 0 rings (SSSR count). The summed E-state index contributed by atoms with van der Waals surface area (Å²) in [6.07, 6.45) is 11.6. The van der Waals surface area contributed by atoms with Crippen LogP contribution in [-0.2, 0) is 0 Å². The van der Waals surface area contributed by atoms with E-state index < -0.39 is 28.6 Å². The van der Waals surface area contributed by atoms with Crippen LogP contribution in [0, 0.1) is 0 Å². The van der Waals surface area contributed by atoms with Crippen LogP contribution < -0.4 is 0 Å². The Balaban J connectivity index is 4.27. The number of hydrogen-bond donors (Lipinski definition) is 0. The van der Waals surface area contributed by atoms with Gasteiger partial charge in [-0.3, -0.25) is 0 Å². The summed E-state index contributed by atoms with van der Waals surface area (Å²) in [6.45, 7) is 26.8. The molecule has 0 nitrogen and oxygen atoms in total. The van der Waals surface area contributed by atoms with Crippen molar-refractivity contribution in [3.8, 4) is 0 Å². The van der Waals surface area contributed by atoms with E-state index in [0.717, 1.165) is 0 Å². The standard InChI is InChI=1S/C21H52S2Si4/c1-11-12-13-14-15-16-17-18-19-22-20-21-23-27(24(2,3)4,25(5,6)7)26(8,9)10/h11-21H2,1-10H3. The molecule has 0 radical (unpaired) electrons. The van der Waals surface area contributed by atoms with E-state index in [1.165, 1.54) is 68.6 Å². The maximum absolute atomic E-state index is 2.72. The van der Waals surface area contributed by atoms with Gasteiger partial charge in [-0.2, -0.15) is 23.0 Å². The monoisotopic (exact) mass is 480 g/mol. The second-order valence-corrected chi connectivity index (χ2v) is 58.9. The Morgan fingerprint density at radius 1 is 0.481 bits per heavy atom. The van der Waals surface area contributed by atoms with Gasteiger partial charge in [-0.15, -0.1) is 0 Å². The SMILES string of the molecule is CCCCCCCCCCSCCS[Si]([Si](C)(C)C)([Si](C)(C)C)[Si](C)(C)C. The number of unbranched alkanes of at least 4 members (excludes halogenated alkanes) is 7. The van der Waals surface area contributed by atoms with Crippen LogP contribution in [0.15, 0.2) is 0 Å². The second-order valence-electron chi connectivity index (χ2n) is 11.4. The smallest absolute Gasteiger partial charge is 0.0946 e. The van der Waals surface area contributed by atoms with Gasteiger partial charge in [-0.05, 0) is 17.9 Å². The van der Waals surface area contributed by atoms with Gasteiger partial charge in [-0.25, -0.2) is 0 Å². The van der Waals surface area contributed by atoms with Crippen molar-refractivity contribution in [2.75, 3.05) is 17.3 Å². The molecule has 0 fully saturated rings. The molecule has 0 N–H and O–H groups in total. The predicted octanol–water partition coefficient (Wildman–Crippen LogP) is 8.79. The van der Waals surface area contributed by atoms with E-state index in [1.54, 1.807) is 0 Å². The van der Waals surface area contributed by atoms with Crippen LogP contribution in [0.5, 0.6) is 0 Å². The zero-order valence-electron chi connectivity index (χ0n) is 20.6. The normalized spacial score (nSPS) is 14.0. The Kier molecular flexibility index (Phi) is 13.8. The fourth-order valence-electron chi connectivity index (χ4n) is 5.72. The first-order chi connectivity index (χ1) is 12.3. The fraction of sp³-hybridized carbons (Fsp3) is 1.00. The van der Waals surface area contributed by atoms with Crippen LogP contribution >= 0.6 is 23.0 Å². The van der Waals surface area contributed by atoms with E-state index in [2.05, 4.69) is 88.8 Å². The third-order valence-corrected chi connectivity index (χ3v) is 96.2. The lowest BCUT2D eigenvalue weighted by molar-refractivity contribution is 0.586. The molecule has 0 aromatic heterocycles. The maximum Gasteiger partial charge on any atom is 0.0946 e. The van der Waals surface area contributed by atoms with Crippen molar-refractivity contribution in [1.29, 1.82) is 0 Å². The molecule has 0 heterocycles. The average molecular weight is 481 g/mol. The average Bonchev–Trinajstić information content (AvgIpc) is 2.48. The van der Waals surface area contributed by atoms with Gasteiger partial charge in [-0.1, -0.05) is 111 Å². The van der Waals surface area contributed by atoms with E-state index in [4.69, 9.17) is 0 Å². The topological polar surface area (TPSA) is 0 Å². The zero-order chi connectivity index (χ0) is 21.2. The van der Waals surface area contributed by atoms with Gasteiger partial charge in [0.15, 0.2) is 0 Å². The van der Waals surface area contributed by atoms with Crippen molar-refractivity contribution in [3.05, 3.63) is 0 Å². The van der Waals surface area contributed by atoms with Gasteiger partial charge < -0.3 is 0 Å². The molecule has 0 saturated carbocycles. The van der Waals surface area contributed by atoms with Crippen LogP contribution in [0.4, 0.5) is 0 Å². The van der Waals surface area contributed by atoms with E-state index >= 15 is 0 Å². The molecule has 0 saturated heterocycles. The van der Waals surface area contributed by atoms with E-state index in [1.807, 2.05) is 0 Å². The summed E-state index contributed by atoms with van der Waals surface area (Å²) in [6, 6.07) is 0. The first-order valence-corrected chi connectivity index (χ1v) is 29.9. The van der Waals surface area contributed by atoms with Crippen LogP contribution in [0.3, 0.4) is 0 Å². The number of rotatable bonds is 16. The number of thioether (sulfide) groups is 1. The molecule has 0 aliphatic rings. The third-order valence-electron chi connectivity index (χ3n) is 5.86. The quantitative estimate of drug-likeness (QED) is 0.160. The Hall–Kier alpha value is 1.57. The van der Waals surface area contributed by atoms with Gasteiger partial charge in [0, 0.05) is 28.5 Å². The maximum atomic E-state index is 2.72. The Morgan fingerprint density at radius 2 is 0.889 bits per heavy atom. The van der Waals surface area contributed by atoms with Crippen molar-refractivity contribution in [2.45, 2.75) is 117 Å².